The van der Waals surface area contributed by atoms with Crippen LogP contribution in [0, 0.1) is 5.82 Å². The van der Waals surface area contributed by atoms with Crippen LogP contribution in [0.25, 0.3) is 0 Å². The van der Waals surface area contributed by atoms with Crippen LogP contribution in [0.5, 0.6) is 0 Å². The van der Waals surface area contributed by atoms with Crippen LogP contribution in [0.15, 0.2) is 34.9 Å². The number of fused-ring (bicyclic) bond motifs is 1. The molecule has 21 heavy (non-hydrogen) atoms. The van der Waals surface area contributed by atoms with Crippen molar-refractivity contribution in [2.45, 2.75) is 38.4 Å². The van der Waals surface area contributed by atoms with Crippen LogP contribution in [-0.4, -0.2) is 12.6 Å². The number of nitrogens with one attached hydrogen (secondary N) is 1. The maximum absolute atomic E-state index is 13.4. The van der Waals surface area contributed by atoms with E-state index in [0.29, 0.717) is 12.6 Å². The van der Waals surface area contributed by atoms with Crippen molar-refractivity contribution in [2.75, 3.05) is 11.4 Å². The molecule has 4 heteroatoms. The molecule has 1 aliphatic heterocycles. The van der Waals surface area contributed by atoms with Gasteiger partial charge in [0.25, 0.3) is 0 Å². The van der Waals surface area contributed by atoms with Crippen LogP contribution in [-0.2, 0) is 19.5 Å². The molecule has 3 nitrogen and oxygen atoms in total. The summed E-state index contributed by atoms with van der Waals surface area (Å²) < 4.78 is 19.1. The predicted octanol–water partition coefficient (Wildman–Crippen LogP) is 3.23. The van der Waals surface area contributed by atoms with Crippen molar-refractivity contribution in [3.8, 4) is 0 Å². The number of furan rings is 1. The summed E-state index contributed by atoms with van der Waals surface area (Å²) in [5, 5.41) is 3.51. The first kappa shape index (κ1) is 12.9. The summed E-state index contributed by atoms with van der Waals surface area (Å²) in [7, 11) is 0. The minimum atomic E-state index is -0.171. The molecule has 1 aliphatic carbocycles. The van der Waals surface area contributed by atoms with E-state index in [1.54, 1.807) is 18.4 Å². The van der Waals surface area contributed by atoms with Gasteiger partial charge >= 0.3 is 0 Å². The summed E-state index contributed by atoms with van der Waals surface area (Å²) in [4.78, 5) is 2.21. The third-order valence-corrected chi connectivity index (χ3v) is 4.37. The molecule has 0 radical (unpaired) electrons. The van der Waals surface area contributed by atoms with Gasteiger partial charge in [0.2, 0.25) is 0 Å². The van der Waals surface area contributed by atoms with Crippen molar-refractivity contribution < 1.29 is 8.81 Å². The van der Waals surface area contributed by atoms with Gasteiger partial charge in [0.1, 0.15) is 11.6 Å². The van der Waals surface area contributed by atoms with Crippen LogP contribution in [0.1, 0.15) is 29.7 Å². The lowest BCUT2D eigenvalue weighted by Crippen LogP contribution is -2.21. The van der Waals surface area contributed by atoms with Gasteiger partial charge in [0.15, 0.2) is 0 Å². The molecule has 2 heterocycles. The molecule has 1 saturated carbocycles. The van der Waals surface area contributed by atoms with Gasteiger partial charge in [-0.05, 0) is 43.0 Å². The second kappa shape index (κ2) is 5.19. The molecule has 0 unspecified atom stereocenters. The van der Waals surface area contributed by atoms with Gasteiger partial charge in [-0.15, -0.1) is 0 Å². The lowest BCUT2D eigenvalue weighted by Gasteiger charge is -2.19. The minimum Gasteiger partial charge on any atom is -0.467 e. The van der Waals surface area contributed by atoms with Crippen LogP contribution >= 0.6 is 0 Å². The molecular formula is C17H19FN2O. The van der Waals surface area contributed by atoms with Gasteiger partial charge in [-0.1, -0.05) is 6.07 Å². The molecule has 2 aromatic rings. The van der Waals surface area contributed by atoms with Crippen molar-refractivity contribution in [1.29, 1.82) is 0 Å². The van der Waals surface area contributed by atoms with Crippen molar-refractivity contribution in [3.63, 3.8) is 0 Å². The van der Waals surface area contributed by atoms with E-state index in [9.17, 15) is 4.39 Å². The first-order valence-corrected chi connectivity index (χ1v) is 7.61. The topological polar surface area (TPSA) is 28.4 Å². The summed E-state index contributed by atoms with van der Waals surface area (Å²) in [6, 6.07) is 7.79. The molecule has 0 bridgehead atoms. The Labute approximate surface area is 123 Å². The Morgan fingerprint density at radius 2 is 2.19 bits per heavy atom. The van der Waals surface area contributed by atoms with Crippen molar-refractivity contribution in [2.24, 2.45) is 0 Å². The molecule has 2 aliphatic rings. The molecule has 0 spiro atoms. The number of nitrogens with zero attached hydrogens (tertiary/aromatic N) is 1. The largest absolute Gasteiger partial charge is 0.467 e. The maximum Gasteiger partial charge on any atom is 0.127 e. The van der Waals surface area contributed by atoms with E-state index in [1.165, 1.54) is 24.0 Å². The smallest absolute Gasteiger partial charge is 0.127 e. The Morgan fingerprint density at radius 1 is 1.29 bits per heavy atom. The lowest BCUT2D eigenvalue weighted by atomic mass is 10.1. The number of rotatable bonds is 5. The highest BCUT2D eigenvalue weighted by Gasteiger charge is 2.23. The van der Waals surface area contributed by atoms with Gasteiger partial charge < -0.3 is 14.6 Å². The molecule has 1 aromatic heterocycles. The van der Waals surface area contributed by atoms with Gasteiger partial charge in [-0.2, -0.15) is 0 Å². The minimum absolute atomic E-state index is 0.171. The standard InChI is InChI=1S/C17H19FN2O/c18-14-2-1-12-5-7-20(16(12)9-14)11-17-13(6-8-21-17)10-19-15-3-4-15/h1-2,6,8-9,15,19H,3-5,7,10-11H2. The Kier molecular flexibility index (Phi) is 3.19. The molecule has 1 N–H and O–H groups in total. The van der Waals surface area contributed by atoms with E-state index in [-0.39, 0.29) is 5.82 Å². The summed E-state index contributed by atoms with van der Waals surface area (Å²) in [5.74, 6) is 0.816. The van der Waals surface area contributed by atoms with Gasteiger partial charge in [-0.25, -0.2) is 4.39 Å². The third-order valence-electron chi connectivity index (χ3n) is 4.37. The Morgan fingerprint density at radius 3 is 3.05 bits per heavy atom. The maximum atomic E-state index is 13.4. The number of hydrogen-bond donors (Lipinski definition) is 1. The van der Waals surface area contributed by atoms with E-state index in [4.69, 9.17) is 4.42 Å². The molecular weight excluding hydrogens is 267 g/mol. The van der Waals surface area contributed by atoms with Crippen LogP contribution < -0.4 is 10.2 Å². The fraction of sp³-hybridized carbons (Fsp3) is 0.412. The van der Waals surface area contributed by atoms with Crippen molar-refractivity contribution in [3.05, 3.63) is 53.2 Å². The van der Waals surface area contributed by atoms with Gasteiger partial charge in [0, 0.05) is 30.4 Å². The highest BCUT2D eigenvalue weighted by atomic mass is 19.1. The quantitative estimate of drug-likeness (QED) is 0.914. The Bertz CT molecular complexity index is 648. The lowest BCUT2D eigenvalue weighted by molar-refractivity contribution is 0.496. The van der Waals surface area contributed by atoms with E-state index in [2.05, 4.69) is 10.2 Å². The van der Waals surface area contributed by atoms with Crippen LogP contribution in [0.4, 0.5) is 10.1 Å². The zero-order valence-corrected chi connectivity index (χ0v) is 11.9. The SMILES string of the molecule is Fc1ccc2c(c1)N(Cc1occc1CNC1CC1)CC2. The zero-order valence-electron chi connectivity index (χ0n) is 11.9. The van der Waals surface area contributed by atoms with E-state index in [1.807, 2.05) is 12.1 Å². The van der Waals surface area contributed by atoms with Crippen molar-refractivity contribution >= 4 is 5.69 Å². The molecule has 4 rings (SSSR count). The highest BCUT2D eigenvalue weighted by molar-refractivity contribution is 5.58. The van der Waals surface area contributed by atoms with Crippen LogP contribution in [0.2, 0.25) is 0 Å². The Balaban J connectivity index is 1.49. The number of hydrogen-bond acceptors (Lipinski definition) is 3. The predicted molar refractivity (Wildman–Crippen MR) is 79.7 cm³/mol. The van der Waals surface area contributed by atoms with Gasteiger partial charge in [0.05, 0.1) is 12.8 Å². The zero-order chi connectivity index (χ0) is 14.2. The van der Waals surface area contributed by atoms with E-state index >= 15 is 0 Å². The summed E-state index contributed by atoms with van der Waals surface area (Å²) in [6.45, 7) is 2.50. The second-order valence-corrected chi connectivity index (χ2v) is 5.97. The highest BCUT2D eigenvalue weighted by Crippen LogP contribution is 2.30. The second-order valence-electron chi connectivity index (χ2n) is 5.97. The summed E-state index contributed by atoms with van der Waals surface area (Å²) in [5.41, 5.74) is 3.44. The molecule has 1 aromatic carbocycles. The molecule has 0 amide bonds. The molecule has 0 atom stereocenters. The monoisotopic (exact) mass is 286 g/mol. The summed E-state index contributed by atoms with van der Waals surface area (Å²) in [6.07, 6.45) is 5.30. The fourth-order valence-corrected chi connectivity index (χ4v) is 2.96. The number of benzene rings is 1. The third kappa shape index (κ3) is 2.68. The first-order valence-electron chi connectivity index (χ1n) is 7.61. The number of halogens is 1. The molecule has 0 saturated heterocycles. The average molecular weight is 286 g/mol. The summed E-state index contributed by atoms with van der Waals surface area (Å²) >= 11 is 0. The van der Waals surface area contributed by atoms with Crippen molar-refractivity contribution in [1.82, 2.24) is 5.32 Å². The molecule has 1 fully saturated rings. The van der Waals surface area contributed by atoms with Gasteiger partial charge in [-0.3, -0.25) is 0 Å². The fourth-order valence-electron chi connectivity index (χ4n) is 2.96. The van der Waals surface area contributed by atoms with E-state index in [0.717, 1.165) is 31.0 Å². The Hall–Kier alpha value is -1.81. The molecule has 110 valence electrons. The van der Waals surface area contributed by atoms with Crippen LogP contribution in [0.3, 0.4) is 0 Å². The average Bonchev–Trinajstić information content (AvgIpc) is 3.08. The normalized spacial score (nSPS) is 17.3. The number of anilines is 1. The van der Waals surface area contributed by atoms with E-state index < -0.39 is 0 Å². The first-order chi connectivity index (χ1) is 10.3.